The van der Waals surface area contributed by atoms with Crippen molar-refractivity contribution in [3.63, 3.8) is 0 Å². The maximum Gasteiger partial charge on any atom is 0.255 e. The molecule has 3 aromatic rings. The van der Waals surface area contributed by atoms with Crippen LogP contribution in [0.3, 0.4) is 0 Å². The lowest BCUT2D eigenvalue weighted by Gasteiger charge is -2.45. The van der Waals surface area contributed by atoms with Gasteiger partial charge in [-0.25, -0.2) is 17.2 Å². The van der Waals surface area contributed by atoms with Gasteiger partial charge in [0.05, 0.1) is 15.2 Å². The molecule has 2 aromatic carbocycles. The molecule has 11 heteroatoms. The minimum Gasteiger partial charge on any atom is -0.386 e. The summed E-state index contributed by atoms with van der Waals surface area (Å²) in [6.07, 6.45) is 3.26. The molecule has 200 valence electrons. The smallest absolute Gasteiger partial charge is 0.255 e. The normalized spacial score (nSPS) is 25.7. The van der Waals surface area contributed by atoms with E-state index in [4.69, 9.17) is 11.6 Å². The van der Waals surface area contributed by atoms with Crippen LogP contribution in [0.15, 0.2) is 65.8 Å². The van der Waals surface area contributed by atoms with Gasteiger partial charge in [-0.3, -0.25) is 9.78 Å². The molecule has 0 spiro atoms. The third-order valence-corrected chi connectivity index (χ3v) is 10.5. The van der Waals surface area contributed by atoms with Crippen molar-refractivity contribution in [3.05, 3.63) is 88.7 Å². The van der Waals surface area contributed by atoms with Gasteiger partial charge < -0.3 is 15.5 Å². The van der Waals surface area contributed by atoms with Gasteiger partial charge in [-0.1, -0.05) is 11.6 Å². The molecule has 5 atom stereocenters. The van der Waals surface area contributed by atoms with Gasteiger partial charge in [-0.2, -0.15) is 0 Å². The van der Waals surface area contributed by atoms with E-state index in [0.29, 0.717) is 18.4 Å². The number of nitrogens with zero attached hydrogens (tertiary/aromatic N) is 1. The maximum atomic E-state index is 13.7. The number of fused-ring (bicyclic) bond motifs is 2. The van der Waals surface area contributed by atoms with Crippen LogP contribution in [0.2, 0.25) is 5.02 Å². The lowest BCUT2D eigenvalue weighted by Crippen LogP contribution is -2.52. The second-order valence-corrected chi connectivity index (χ2v) is 12.5. The molecule has 1 amide bonds. The molecule has 7 nitrogen and oxygen atoms in total. The van der Waals surface area contributed by atoms with Gasteiger partial charge in [-0.05, 0) is 85.5 Å². The number of rotatable bonds is 6. The molecule has 2 saturated carbocycles. The zero-order chi connectivity index (χ0) is 27.2. The van der Waals surface area contributed by atoms with Gasteiger partial charge in [0, 0.05) is 29.7 Å². The van der Waals surface area contributed by atoms with Gasteiger partial charge >= 0.3 is 0 Å². The lowest BCUT2D eigenvalue weighted by molar-refractivity contribution is -0.144. The van der Waals surface area contributed by atoms with Gasteiger partial charge in [0.2, 0.25) is 0 Å². The van der Waals surface area contributed by atoms with Gasteiger partial charge in [0.15, 0.2) is 21.5 Å². The number of benzene rings is 2. The second kappa shape index (κ2) is 10.00. The summed E-state index contributed by atoms with van der Waals surface area (Å²) in [4.78, 5) is 16.5. The highest BCUT2D eigenvalue weighted by Crippen LogP contribution is 2.56. The van der Waals surface area contributed by atoms with Crippen molar-refractivity contribution in [2.75, 3.05) is 5.32 Å². The first-order valence-corrected chi connectivity index (χ1v) is 14.0. The summed E-state index contributed by atoms with van der Waals surface area (Å²) < 4.78 is 54.2. The summed E-state index contributed by atoms with van der Waals surface area (Å²) in [5.74, 6) is -3.83. The Balaban J connectivity index is 1.39. The van der Waals surface area contributed by atoms with Crippen molar-refractivity contribution >= 4 is 33.0 Å². The van der Waals surface area contributed by atoms with Crippen LogP contribution in [0.5, 0.6) is 0 Å². The third-order valence-electron chi connectivity index (χ3n) is 7.84. The highest BCUT2D eigenvalue weighted by molar-refractivity contribution is 7.92. The fourth-order valence-electron chi connectivity index (χ4n) is 5.87. The number of nitrogens with one attached hydrogen (secondary N) is 1. The molecule has 2 aliphatic rings. The molecule has 2 fully saturated rings. The SMILES string of the molecule is O=C(Nc1ccc(F)c(F)c1)c1ccc(Cl)c(S(=O)(=O)C2C[C@H]3CC[C@@H](C2)C3(O)C(O)c2ccncc2)c1. The first-order valence-electron chi connectivity index (χ1n) is 12.1. The van der Waals surface area contributed by atoms with Crippen molar-refractivity contribution < 1.29 is 32.2 Å². The fraction of sp³-hybridized carbons (Fsp3) is 0.333. The molecule has 5 rings (SSSR count). The van der Waals surface area contributed by atoms with E-state index in [-0.39, 0.29) is 34.0 Å². The largest absolute Gasteiger partial charge is 0.386 e. The fourth-order valence-corrected chi connectivity index (χ4v) is 8.28. The van der Waals surface area contributed by atoms with E-state index in [9.17, 15) is 32.2 Å². The summed E-state index contributed by atoms with van der Waals surface area (Å²) in [6.45, 7) is 0. The first kappa shape index (κ1) is 26.7. The number of sulfone groups is 1. The Labute approximate surface area is 223 Å². The monoisotopic (exact) mass is 562 g/mol. The Bertz CT molecular complexity index is 1470. The molecular formula is C27H25ClF2N2O5S. The van der Waals surface area contributed by atoms with Gasteiger partial charge in [0.25, 0.3) is 5.91 Å². The number of anilines is 1. The Kier molecular flexibility index (Phi) is 7.02. The molecular weight excluding hydrogens is 538 g/mol. The molecule has 38 heavy (non-hydrogen) atoms. The summed E-state index contributed by atoms with van der Waals surface area (Å²) in [6, 6.07) is 9.93. The van der Waals surface area contributed by atoms with E-state index >= 15 is 0 Å². The maximum absolute atomic E-state index is 13.7. The van der Waals surface area contributed by atoms with Gasteiger partial charge in [-0.15, -0.1) is 0 Å². The first-order chi connectivity index (χ1) is 18.0. The van der Waals surface area contributed by atoms with Crippen LogP contribution in [-0.2, 0) is 9.84 Å². The topological polar surface area (TPSA) is 117 Å². The van der Waals surface area contributed by atoms with Crippen LogP contribution in [0.1, 0.15) is 47.7 Å². The van der Waals surface area contributed by atoms with Crippen molar-refractivity contribution in [2.45, 2.75) is 47.5 Å². The Hall–Kier alpha value is -2.92. The number of pyridine rings is 1. The van der Waals surface area contributed by atoms with Crippen LogP contribution >= 0.6 is 11.6 Å². The van der Waals surface area contributed by atoms with E-state index in [0.717, 1.165) is 12.1 Å². The minimum absolute atomic E-state index is 0.00385. The third kappa shape index (κ3) is 4.59. The number of carbonyl (C=O) groups is 1. The molecule has 1 heterocycles. The minimum atomic E-state index is -4.02. The van der Waals surface area contributed by atoms with E-state index in [1.54, 1.807) is 12.1 Å². The quantitative estimate of drug-likeness (QED) is 0.401. The van der Waals surface area contributed by atoms with E-state index in [2.05, 4.69) is 10.3 Å². The van der Waals surface area contributed by atoms with Crippen LogP contribution in [0.4, 0.5) is 14.5 Å². The van der Waals surface area contributed by atoms with E-state index in [1.165, 1.54) is 36.7 Å². The summed E-state index contributed by atoms with van der Waals surface area (Å²) in [7, 11) is -4.02. The van der Waals surface area contributed by atoms with Crippen LogP contribution in [0.25, 0.3) is 0 Å². The van der Waals surface area contributed by atoms with E-state index < -0.39 is 56.2 Å². The Morgan fingerprint density at radius 2 is 1.68 bits per heavy atom. The van der Waals surface area contributed by atoms with Crippen molar-refractivity contribution in [3.8, 4) is 0 Å². The molecule has 0 aliphatic heterocycles. The van der Waals surface area contributed by atoms with Crippen LogP contribution in [-0.4, -0.2) is 40.4 Å². The summed E-state index contributed by atoms with van der Waals surface area (Å²) >= 11 is 6.28. The number of hydrogen-bond donors (Lipinski definition) is 3. The van der Waals surface area contributed by atoms with Crippen LogP contribution < -0.4 is 5.32 Å². The Morgan fingerprint density at radius 1 is 1.03 bits per heavy atom. The summed E-state index contributed by atoms with van der Waals surface area (Å²) in [5, 5.41) is 24.1. The number of hydrogen-bond acceptors (Lipinski definition) is 6. The highest BCUT2D eigenvalue weighted by Gasteiger charge is 2.59. The zero-order valence-corrected chi connectivity index (χ0v) is 21.6. The predicted molar refractivity (Wildman–Crippen MR) is 136 cm³/mol. The number of amides is 1. The second-order valence-electron chi connectivity index (χ2n) is 9.91. The molecule has 0 radical (unpaired) electrons. The molecule has 1 aromatic heterocycles. The average Bonchev–Trinajstić information content (AvgIpc) is 3.06. The molecule has 3 N–H and O–H groups in total. The molecule has 0 saturated heterocycles. The molecule has 2 aliphatic carbocycles. The number of aromatic nitrogens is 1. The van der Waals surface area contributed by atoms with Gasteiger partial charge in [0.1, 0.15) is 11.7 Å². The van der Waals surface area contributed by atoms with E-state index in [1.807, 2.05) is 0 Å². The predicted octanol–water partition coefficient (Wildman–Crippen LogP) is 4.69. The molecule has 3 unspecified atom stereocenters. The van der Waals surface area contributed by atoms with Crippen LogP contribution in [0, 0.1) is 23.5 Å². The number of aliphatic hydroxyl groups excluding tert-OH is 1. The molecule has 2 bridgehead atoms. The number of aliphatic hydroxyl groups is 2. The number of carbonyl (C=O) groups excluding carboxylic acids is 1. The summed E-state index contributed by atoms with van der Waals surface area (Å²) in [5.41, 5.74) is -0.975. The standard InChI is InChI=1S/C27H25ClF2N2O5S/c28-21-5-1-16(26(34)32-19-4-6-22(29)23(30)14-19)11-24(21)38(36,37)20-12-17-2-3-18(13-20)27(17,35)25(33)15-7-9-31-10-8-15/h1,4-11,14,17-18,20,25,33,35H,2-3,12-13H2,(H,32,34)/t17-,18+,20?,25?,27?. The zero-order valence-electron chi connectivity index (χ0n) is 20.0. The average molecular weight is 563 g/mol. The van der Waals surface area contributed by atoms with Crippen molar-refractivity contribution in [1.29, 1.82) is 0 Å². The highest BCUT2D eigenvalue weighted by atomic mass is 35.5. The lowest BCUT2D eigenvalue weighted by atomic mass is 9.69. The van der Waals surface area contributed by atoms with Crippen molar-refractivity contribution in [2.24, 2.45) is 11.8 Å². The van der Waals surface area contributed by atoms with Crippen molar-refractivity contribution in [1.82, 2.24) is 4.98 Å². The Morgan fingerprint density at radius 3 is 2.32 bits per heavy atom. The number of halogens is 3.